The zero-order chi connectivity index (χ0) is 11.1. The summed E-state index contributed by atoms with van der Waals surface area (Å²) in [7, 11) is 0. The summed E-state index contributed by atoms with van der Waals surface area (Å²) in [5.74, 6) is 2.73. The highest BCUT2D eigenvalue weighted by molar-refractivity contribution is 5.40. The summed E-state index contributed by atoms with van der Waals surface area (Å²) in [5, 5.41) is 0. The first-order chi connectivity index (χ1) is 7.31. The Bertz CT molecular complexity index is 371. The maximum absolute atomic E-state index is 5.45. The third kappa shape index (κ3) is 3.29. The molecule has 1 aromatic rings. The Hall–Kier alpha value is -1.48. The highest BCUT2D eigenvalue weighted by atomic mass is 14.0. The fourth-order valence-electron chi connectivity index (χ4n) is 1.63. The van der Waals surface area contributed by atoms with Crippen molar-refractivity contribution in [2.45, 2.75) is 33.1 Å². The third-order valence-electron chi connectivity index (χ3n) is 2.69. The molecule has 15 heavy (non-hydrogen) atoms. The quantitative estimate of drug-likeness (QED) is 0.507. The molecule has 78 valence electrons. The van der Waals surface area contributed by atoms with Gasteiger partial charge in [0.1, 0.15) is 0 Å². The van der Waals surface area contributed by atoms with Gasteiger partial charge in [-0.2, -0.15) is 0 Å². The normalized spacial score (nSPS) is 9.40. The summed E-state index contributed by atoms with van der Waals surface area (Å²) in [6.07, 6.45) is 11.0. The zero-order valence-electron chi connectivity index (χ0n) is 9.59. The number of hydrogen-bond acceptors (Lipinski definition) is 0. The topological polar surface area (TPSA) is 0 Å². The van der Waals surface area contributed by atoms with Crippen LogP contribution in [-0.4, -0.2) is 0 Å². The Morgan fingerprint density at radius 2 is 1.93 bits per heavy atom. The molecule has 0 heteroatoms. The SMILES string of the molecule is C#Cc1ccccc1CC=C(CC)CC. The minimum atomic E-state index is 0.956. The largest absolute Gasteiger partial charge is 0.115 e. The van der Waals surface area contributed by atoms with Crippen LogP contribution in [-0.2, 0) is 6.42 Å². The van der Waals surface area contributed by atoms with Gasteiger partial charge >= 0.3 is 0 Å². The van der Waals surface area contributed by atoms with E-state index in [0.717, 1.165) is 24.8 Å². The van der Waals surface area contributed by atoms with Crippen molar-refractivity contribution in [3.63, 3.8) is 0 Å². The highest BCUT2D eigenvalue weighted by Crippen LogP contribution is 2.12. The van der Waals surface area contributed by atoms with Gasteiger partial charge in [-0.1, -0.05) is 49.6 Å². The zero-order valence-corrected chi connectivity index (χ0v) is 9.59. The van der Waals surface area contributed by atoms with Gasteiger partial charge in [0.25, 0.3) is 0 Å². The van der Waals surface area contributed by atoms with E-state index in [2.05, 4.69) is 31.9 Å². The summed E-state index contributed by atoms with van der Waals surface area (Å²) in [4.78, 5) is 0. The van der Waals surface area contributed by atoms with Crippen LogP contribution in [0.5, 0.6) is 0 Å². The fraction of sp³-hybridized carbons (Fsp3) is 0.333. The van der Waals surface area contributed by atoms with Gasteiger partial charge < -0.3 is 0 Å². The first-order valence-electron chi connectivity index (χ1n) is 5.54. The van der Waals surface area contributed by atoms with Crippen molar-refractivity contribution in [2.75, 3.05) is 0 Å². The summed E-state index contributed by atoms with van der Waals surface area (Å²) in [6, 6.07) is 8.14. The average molecular weight is 198 g/mol. The predicted octanol–water partition coefficient (Wildman–Crippen LogP) is 3.96. The van der Waals surface area contributed by atoms with Gasteiger partial charge in [0, 0.05) is 5.56 Å². The Kier molecular flexibility index (Phi) is 4.71. The van der Waals surface area contributed by atoms with Crippen LogP contribution in [0, 0.1) is 12.3 Å². The Labute approximate surface area is 93.0 Å². The van der Waals surface area contributed by atoms with Crippen LogP contribution < -0.4 is 0 Å². The second kappa shape index (κ2) is 6.09. The minimum Gasteiger partial charge on any atom is -0.115 e. The summed E-state index contributed by atoms with van der Waals surface area (Å²) < 4.78 is 0. The highest BCUT2D eigenvalue weighted by Gasteiger charge is 1.97. The lowest BCUT2D eigenvalue weighted by Crippen LogP contribution is -1.88. The van der Waals surface area contributed by atoms with Crippen molar-refractivity contribution in [2.24, 2.45) is 0 Å². The van der Waals surface area contributed by atoms with E-state index in [4.69, 9.17) is 6.42 Å². The molecule has 0 fully saturated rings. The number of allylic oxidation sites excluding steroid dienone is 2. The van der Waals surface area contributed by atoms with Crippen LogP contribution in [0.1, 0.15) is 37.8 Å². The van der Waals surface area contributed by atoms with E-state index in [9.17, 15) is 0 Å². The van der Waals surface area contributed by atoms with Gasteiger partial charge in [-0.3, -0.25) is 0 Å². The van der Waals surface area contributed by atoms with E-state index >= 15 is 0 Å². The summed E-state index contributed by atoms with van der Waals surface area (Å²) >= 11 is 0. The molecule has 0 spiro atoms. The lowest BCUT2D eigenvalue weighted by Gasteiger charge is -2.03. The monoisotopic (exact) mass is 198 g/mol. The lowest BCUT2D eigenvalue weighted by atomic mass is 10.0. The van der Waals surface area contributed by atoms with Gasteiger partial charge in [0.15, 0.2) is 0 Å². The molecule has 0 saturated carbocycles. The third-order valence-corrected chi connectivity index (χ3v) is 2.69. The molecule has 0 aliphatic heterocycles. The van der Waals surface area contributed by atoms with E-state index in [0.29, 0.717) is 0 Å². The molecule has 0 N–H and O–H groups in total. The number of terminal acetylenes is 1. The number of benzene rings is 1. The molecule has 0 saturated heterocycles. The predicted molar refractivity (Wildman–Crippen MR) is 66.7 cm³/mol. The maximum atomic E-state index is 5.45. The lowest BCUT2D eigenvalue weighted by molar-refractivity contribution is 0.960. The van der Waals surface area contributed by atoms with Gasteiger partial charge in [-0.15, -0.1) is 6.42 Å². The van der Waals surface area contributed by atoms with Crippen LogP contribution in [0.3, 0.4) is 0 Å². The molecule has 1 aromatic carbocycles. The second-order valence-electron chi connectivity index (χ2n) is 3.58. The molecule has 0 bridgehead atoms. The van der Waals surface area contributed by atoms with Crippen molar-refractivity contribution in [3.8, 4) is 12.3 Å². The first kappa shape index (κ1) is 11.6. The molecule has 0 nitrogen and oxygen atoms in total. The van der Waals surface area contributed by atoms with E-state index in [-0.39, 0.29) is 0 Å². The molecular weight excluding hydrogens is 180 g/mol. The van der Waals surface area contributed by atoms with Crippen LogP contribution in [0.15, 0.2) is 35.9 Å². The Balaban J connectivity index is 2.81. The molecule has 0 aliphatic carbocycles. The van der Waals surface area contributed by atoms with E-state index in [1.54, 1.807) is 0 Å². The molecule has 0 aromatic heterocycles. The molecule has 0 aliphatic rings. The van der Waals surface area contributed by atoms with Gasteiger partial charge in [0.05, 0.1) is 0 Å². The van der Waals surface area contributed by atoms with Crippen molar-refractivity contribution >= 4 is 0 Å². The van der Waals surface area contributed by atoms with Crippen molar-refractivity contribution in [1.29, 1.82) is 0 Å². The Morgan fingerprint density at radius 1 is 1.27 bits per heavy atom. The van der Waals surface area contributed by atoms with Gasteiger partial charge in [-0.25, -0.2) is 0 Å². The van der Waals surface area contributed by atoms with E-state index in [1.807, 2.05) is 18.2 Å². The van der Waals surface area contributed by atoms with Crippen LogP contribution >= 0.6 is 0 Å². The fourth-order valence-corrected chi connectivity index (χ4v) is 1.63. The molecule has 0 unspecified atom stereocenters. The smallest absolute Gasteiger partial charge is 0.0277 e. The summed E-state index contributed by atoms with van der Waals surface area (Å²) in [5.41, 5.74) is 3.77. The van der Waals surface area contributed by atoms with Crippen molar-refractivity contribution < 1.29 is 0 Å². The van der Waals surface area contributed by atoms with Gasteiger partial charge in [-0.05, 0) is 30.9 Å². The molecule has 0 atom stereocenters. The van der Waals surface area contributed by atoms with E-state index < -0.39 is 0 Å². The van der Waals surface area contributed by atoms with Crippen LogP contribution in [0.4, 0.5) is 0 Å². The second-order valence-corrected chi connectivity index (χ2v) is 3.58. The standard InChI is InChI=1S/C15H18/c1-4-13(5-2)11-12-15-10-8-7-9-14(15)6-3/h3,7-11H,4-5,12H2,1-2H3. The summed E-state index contributed by atoms with van der Waals surface area (Å²) in [6.45, 7) is 4.39. The molecule has 0 radical (unpaired) electrons. The average Bonchev–Trinajstić information content (AvgIpc) is 2.31. The minimum absolute atomic E-state index is 0.956. The van der Waals surface area contributed by atoms with E-state index in [1.165, 1.54) is 11.1 Å². The Morgan fingerprint density at radius 3 is 2.53 bits per heavy atom. The van der Waals surface area contributed by atoms with Crippen molar-refractivity contribution in [1.82, 2.24) is 0 Å². The molecular formula is C15H18. The maximum Gasteiger partial charge on any atom is 0.0277 e. The molecule has 1 rings (SSSR count). The van der Waals surface area contributed by atoms with Gasteiger partial charge in [0.2, 0.25) is 0 Å². The van der Waals surface area contributed by atoms with Crippen LogP contribution in [0.25, 0.3) is 0 Å². The van der Waals surface area contributed by atoms with Crippen LogP contribution in [0.2, 0.25) is 0 Å². The van der Waals surface area contributed by atoms with Crippen molar-refractivity contribution in [3.05, 3.63) is 47.0 Å². The first-order valence-corrected chi connectivity index (χ1v) is 5.54. The number of rotatable bonds is 4. The molecule has 0 amide bonds. The number of hydrogen-bond donors (Lipinski definition) is 0. The molecule has 0 heterocycles.